The smallest absolute Gasteiger partial charge is 0.343 e. The van der Waals surface area contributed by atoms with Crippen LogP contribution in [-0.2, 0) is 25.0 Å². The maximum atomic E-state index is 14.4. The molecule has 1 saturated heterocycles. The topological polar surface area (TPSA) is 54.5 Å². The molecular formula is C22H18F7NO3S. The summed E-state index contributed by atoms with van der Waals surface area (Å²) in [6.45, 7) is 3.14. The van der Waals surface area contributed by atoms with Crippen LogP contribution in [0.2, 0.25) is 0 Å². The molecule has 0 saturated carbocycles. The van der Waals surface area contributed by atoms with Gasteiger partial charge in [0.15, 0.2) is 9.84 Å². The van der Waals surface area contributed by atoms with Gasteiger partial charge in [0.1, 0.15) is 4.75 Å². The van der Waals surface area contributed by atoms with Crippen molar-refractivity contribution in [3.8, 4) is 0 Å². The Labute approximate surface area is 190 Å². The standard InChI is InChI=1S/C22H18F7NO3S/c1-2-15-4-3-5-18(12-15)34(32,33)19(10-11-30(13-19)14-31)16-6-8-17(9-7-16)20(23,21(24,25)26)22(27,28)29/h2-9,12,14H,1,10-11,13H2. The van der Waals surface area contributed by atoms with E-state index in [-0.39, 0.29) is 35.6 Å². The quantitative estimate of drug-likeness (QED) is 0.400. The number of hydrogen-bond acceptors (Lipinski definition) is 3. The minimum absolute atomic E-state index is 0.0240. The molecule has 1 heterocycles. The van der Waals surface area contributed by atoms with Gasteiger partial charge in [-0.2, -0.15) is 26.3 Å². The second kappa shape index (κ2) is 8.40. The Morgan fingerprint density at radius 2 is 1.53 bits per heavy atom. The molecule has 1 atom stereocenters. The van der Waals surface area contributed by atoms with Crippen LogP contribution in [0.4, 0.5) is 30.7 Å². The third kappa shape index (κ3) is 3.87. The molecule has 1 aliphatic rings. The number of nitrogens with zero attached hydrogens (tertiary/aromatic N) is 1. The average Bonchev–Trinajstić information content (AvgIpc) is 3.23. The molecule has 0 bridgehead atoms. The Balaban J connectivity index is 2.18. The van der Waals surface area contributed by atoms with Gasteiger partial charge >= 0.3 is 18.0 Å². The van der Waals surface area contributed by atoms with Crippen molar-refractivity contribution in [3.05, 3.63) is 71.8 Å². The number of carbonyl (C=O) groups is 1. The molecule has 3 rings (SSSR count). The van der Waals surface area contributed by atoms with Crippen LogP contribution >= 0.6 is 0 Å². The number of carbonyl (C=O) groups excluding carboxylic acids is 1. The molecule has 12 heteroatoms. The second-order valence-electron chi connectivity index (χ2n) is 7.83. The summed E-state index contributed by atoms with van der Waals surface area (Å²) in [5.41, 5.74) is -7.10. The first-order valence-corrected chi connectivity index (χ1v) is 11.2. The van der Waals surface area contributed by atoms with Crippen molar-refractivity contribution in [1.82, 2.24) is 4.90 Å². The summed E-state index contributed by atoms with van der Waals surface area (Å²) in [7, 11) is -4.32. The zero-order valence-corrected chi connectivity index (χ0v) is 18.1. The Bertz CT molecular complexity index is 1180. The van der Waals surface area contributed by atoms with E-state index in [2.05, 4.69) is 6.58 Å². The molecule has 0 aromatic heterocycles. The fourth-order valence-corrected chi connectivity index (χ4v) is 6.18. The van der Waals surface area contributed by atoms with Gasteiger partial charge in [0.2, 0.25) is 6.41 Å². The average molecular weight is 509 g/mol. The van der Waals surface area contributed by atoms with Crippen molar-refractivity contribution >= 4 is 22.3 Å². The van der Waals surface area contributed by atoms with Crippen LogP contribution in [0.5, 0.6) is 0 Å². The van der Waals surface area contributed by atoms with Crippen LogP contribution in [0.1, 0.15) is 23.1 Å². The van der Waals surface area contributed by atoms with Gasteiger partial charge in [0.25, 0.3) is 0 Å². The fraction of sp³-hybridized carbons (Fsp3) is 0.318. The number of likely N-dealkylation sites (tertiary alicyclic amines) is 1. The van der Waals surface area contributed by atoms with Gasteiger partial charge < -0.3 is 4.90 Å². The molecule has 1 aliphatic heterocycles. The highest BCUT2D eigenvalue weighted by atomic mass is 32.2. The number of alkyl halides is 7. The molecule has 2 aromatic rings. The number of amides is 1. The largest absolute Gasteiger partial charge is 0.435 e. The van der Waals surface area contributed by atoms with Crippen LogP contribution in [-0.4, -0.2) is 45.2 Å². The predicted molar refractivity (Wildman–Crippen MR) is 109 cm³/mol. The van der Waals surface area contributed by atoms with Gasteiger partial charge in [-0.25, -0.2) is 12.8 Å². The van der Waals surface area contributed by atoms with Crippen LogP contribution in [0.15, 0.2) is 60.0 Å². The van der Waals surface area contributed by atoms with Gasteiger partial charge in [0.05, 0.1) is 4.90 Å². The van der Waals surface area contributed by atoms with Crippen molar-refractivity contribution in [2.45, 2.75) is 34.1 Å². The van der Waals surface area contributed by atoms with Crippen LogP contribution in [0.25, 0.3) is 6.08 Å². The summed E-state index contributed by atoms with van der Waals surface area (Å²) in [4.78, 5) is 12.3. The van der Waals surface area contributed by atoms with E-state index in [0.717, 1.165) is 17.0 Å². The van der Waals surface area contributed by atoms with Gasteiger partial charge in [-0.3, -0.25) is 4.79 Å². The van der Waals surface area contributed by atoms with E-state index < -0.39 is 44.7 Å². The first kappa shape index (κ1) is 25.7. The van der Waals surface area contributed by atoms with Crippen LogP contribution in [0.3, 0.4) is 0 Å². The van der Waals surface area contributed by atoms with Gasteiger partial charge in [-0.05, 0) is 29.7 Å². The maximum absolute atomic E-state index is 14.4. The van der Waals surface area contributed by atoms with Gasteiger partial charge in [-0.15, -0.1) is 0 Å². The molecule has 1 fully saturated rings. The monoisotopic (exact) mass is 509 g/mol. The van der Waals surface area contributed by atoms with Crippen molar-refractivity contribution in [3.63, 3.8) is 0 Å². The Hall–Kier alpha value is -2.89. The van der Waals surface area contributed by atoms with Gasteiger partial charge in [0, 0.05) is 18.7 Å². The van der Waals surface area contributed by atoms with E-state index in [9.17, 15) is 43.9 Å². The molecule has 0 spiro atoms. The van der Waals surface area contributed by atoms with Crippen LogP contribution < -0.4 is 0 Å². The summed E-state index contributed by atoms with van der Waals surface area (Å²) < 4.78 is 118. The van der Waals surface area contributed by atoms with Crippen molar-refractivity contribution in [2.75, 3.05) is 13.1 Å². The molecule has 34 heavy (non-hydrogen) atoms. The number of rotatable bonds is 6. The highest BCUT2D eigenvalue weighted by Gasteiger charge is 2.73. The Morgan fingerprint density at radius 1 is 0.941 bits per heavy atom. The summed E-state index contributed by atoms with van der Waals surface area (Å²) in [5, 5.41) is 0. The van der Waals surface area contributed by atoms with Crippen molar-refractivity contribution < 1.29 is 43.9 Å². The first-order chi connectivity index (χ1) is 15.6. The van der Waals surface area contributed by atoms with E-state index in [1.54, 1.807) is 6.07 Å². The lowest BCUT2D eigenvalue weighted by Crippen LogP contribution is -2.50. The number of sulfone groups is 1. The van der Waals surface area contributed by atoms with E-state index in [0.29, 0.717) is 12.0 Å². The number of hydrogen-bond donors (Lipinski definition) is 0. The molecule has 1 unspecified atom stereocenters. The van der Waals surface area contributed by atoms with Gasteiger partial charge in [-0.1, -0.05) is 49.1 Å². The minimum atomic E-state index is -6.30. The van der Waals surface area contributed by atoms with E-state index in [1.807, 2.05) is 0 Å². The summed E-state index contributed by atoms with van der Waals surface area (Å²) in [6, 6.07) is 7.61. The molecule has 1 amide bonds. The summed E-state index contributed by atoms with van der Waals surface area (Å²) >= 11 is 0. The Kier molecular flexibility index (Phi) is 6.36. The third-order valence-electron chi connectivity index (χ3n) is 5.92. The fourth-order valence-electron chi connectivity index (χ4n) is 4.04. The molecule has 2 aromatic carbocycles. The first-order valence-electron chi connectivity index (χ1n) is 9.74. The number of halogens is 7. The summed E-state index contributed by atoms with van der Waals surface area (Å²) in [5.74, 6) is 0. The zero-order valence-electron chi connectivity index (χ0n) is 17.3. The molecule has 0 aliphatic carbocycles. The lowest BCUT2D eigenvalue weighted by Gasteiger charge is -2.32. The Morgan fingerprint density at radius 3 is 2.00 bits per heavy atom. The lowest BCUT2D eigenvalue weighted by molar-refractivity contribution is -0.348. The molecule has 0 N–H and O–H groups in total. The van der Waals surface area contributed by atoms with Crippen molar-refractivity contribution in [2.24, 2.45) is 0 Å². The van der Waals surface area contributed by atoms with E-state index in [4.69, 9.17) is 0 Å². The van der Waals surface area contributed by atoms with E-state index >= 15 is 0 Å². The SMILES string of the molecule is C=Cc1cccc(S(=O)(=O)C2(c3ccc(C(F)(C(F)(F)F)C(F)(F)F)cc3)CCN(C=O)C2)c1. The molecule has 4 nitrogen and oxygen atoms in total. The third-order valence-corrected chi connectivity index (χ3v) is 8.39. The van der Waals surface area contributed by atoms with E-state index in [1.165, 1.54) is 24.3 Å². The minimum Gasteiger partial charge on any atom is -0.343 e. The zero-order chi connectivity index (χ0) is 25.6. The normalized spacial score (nSPS) is 19.8. The van der Waals surface area contributed by atoms with Crippen LogP contribution in [0, 0.1) is 0 Å². The summed E-state index contributed by atoms with van der Waals surface area (Å²) in [6.07, 6.45) is -11.0. The highest BCUT2D eigenvalue weighted by Crippen LogP contribution is 2.53. The number of benzene rings is 2. The molecule has 184 valence electrons. The molecular weight excluding hydrogens is 491 g/mol. The highest BCUT2D eigenvalue weighted by molar-refractivity contribution is 7.92. The maximum Gasteiger partial charge on any atom is 0.435 e. The second-order valence-corrected chi connectivity index (χ2v) is 10.1. The lowest BCUT2D eigenvalue weighted by atomic mass is 9.90. The predicted octanol–water partition coefficient (Wildman–Crippen LogP) is 5.15. The molecule has 0 radical (unpaired) electrons. The van der Waals surface area contributed by atoms with Crippen molar-refractivity contribution in [1.29, 1.82) is 0 Å².